The second kappa shape index (κ2) is 5.23. The molecule has 0 bridgehead atoms. The number of rotatable bonds is 4. The third-order valence-corrected chi connectivity index (χ3v) is 3.30. The Hall–Kier alpha value is -1.19. The zero-order valence-electron chi connectivity index (χ0n) is 9.39. The lowest BCUT2D eigenvalue weighted by Crippen LogP contribution is -2.25. The standard InChI is InChI=1S/C13H16N2S/c1-10-3-2-4-11(7-10)8-12(14)9-13-15-5-6-16-13/h2-7,12H,8-9,14H2,1H3. The molecule has 0 spiro atoms. The van der Waals surface area contributed by atoms with E-state index in [9.17, 15) is 0 Å². The van der Waals surface area contributed by atoms with Crippen molar-refractivity contribution < 1.29 is 0 Å². The van der Waals surface area contributed by atoms with Gasteiger partial charge in [0.15, 0.2) is 0 Å². The van der Waals surface area contributed by atoms with Gasteiger partial charge in [0, 0.05) is 24.0 Å². The summed E-state index contributed by atoms with van der Waals surface area (Å²) in [7, 11) is 0. The Morgan fingerprint density at radius 3 is 2.94 bits per heavy atom. The van der Waals surface area contributed by atoms with Gasteiger partial charge in [-0.1, -0.05) is 29.8 Å². The maximum atomic E-state index is 6.11. The van der Waals surface area contributed by atoms with Crippen LogP contribution in [0, 0.1) is 6.92 Å². The molecule has 2 aromatic rings. The summed E-state index contributed by atoms with van der Waals surface area (Å²) in [4.78, 5) is 4.25. The molecule has 0 radical (unpaired) electrons. The number of thiazole rings is 1. The van der Waals surface area contributed by atoms with E-state index >= 15 is 0 Å². The first-order valence-electron chi connectivity index (χ1n) is 5.43. The Morgan fingerprint density at radius 2 is 2.25 bits per heavy atom. The smallest absolute Gasteiger partial charge is 0.0940 e. The highest BCUT2D eigenvalue weighted by Crippen LogP contribution is 2.11. The Balaban J connectivity index is 1.94. The zero-order chi connectivity index (χ0) is 11.4. The largest absolute Gasteiger partial charge is 0.327 e. The molecule has 1 heterocycles. The summed E-state index contributed by atoms with van der Waals surface area (Å²) in [6.07, 6.45) is 3.62. The molecule has 0 fully saturated rings. The Kier molecular flexibility index (Phi) is 3.70. The topological polar surface area (TPSA) is 38.9 Å². The van der Waals surface area contributed by atoms with E-state index in [1.165, 1.54) is 11.1 Å². The summed E-state index contributed by atoms with van der Waals surface area (Å²) >= 11 is 1.67. The minimum atomic E-state index is 0.160. The Labute approximate surface area is 100 Å². The predicted molar refractivity (Wildman–Crippen MR) is 68.7 cm³/mol. The molecule has 1 unspecified atom stereocenters. The molecular weight excluding hydrogens is 216 g/mol. The monoisotopic (exact) mass is 232 g/mol. The molecule has 1 aromatic carbocycles. The molecule has 1 aromatic heterocycles. The van der Waals surface area contributed by atoms with Crippen molar-refractivity contribution in [2.24, 2.45) is 5.73 Å². The SMILES string of the molecule is Cc1cccc(CC(N)Cc2nccs2)c1. The van der Waals surface area contributed by atoms with Crippen LogP contribution < -0.4 is 5.73 Å². The number of aromatic nitrogens is 1. The molecule has 0 aliphatic rings. The van der Waals surface area contributed by atoms with Crippen LogP contribution in [0.2, 0.25) is 0 Å². The van der Waals surface area contributed by atoms with E-state index in [2.05, 4.69) is 36.2 Å². The molecule has 2 rings (SSSR count). The van der Waals surface area contributed by atoms with E-state index in [4.69, 9.17) is 5.73 Å². The van der Waals surface area contributed by atoms with Gasteiger partial charge in [0.25, 0.3) is 0 Å². The van der Waals surface area contributed by atoms with Crippen LogP contribution in [0.3, 0.4) is 0 Å². The van der Waals surface area contributed by atoms with E-state index in [1.54, 1.807) is 11.3 Å². The van der Waals surface area contributed by atoms with Crippen LogP contribution in [0.25, 0.3) is 0 Å². The summed E-state index contributed by atoms with van der Waals surface area (Å²) in [6.45, 7) is 2.11. The molecule has 0 saturated heterocycles. The fourth-order valence-electron chi connectivity index (χ4n) is 1.79. The summed E-state index contributed by atoms with van der Waals surface area (Å²) in [5, 5.41) is 3.12. The summed E-state index contributed by atoms with van der Waals surface area (Å²) < 4.78 is 0. The van der Waals surface area contributed by atoms with E-state index in [0.29, 0.717) is 0 Å². The van der Waals surface area contributed by atoms with Crippen molar-refractivity contribution in [1.29, 1.82) is 0 Å². The van der Waals surface area contributed by atoms with E-state index in [0.717, 1.165) is 17.8 Å². The van der Waals surface area contributed by atoms with Crippen LogP contribution in [0.15, 0.2) is 35.8 Å². The lowest BCUT2D eigenvalue weighted by Gasteiger charge is -2.10. The molecule has 0 saturated carbocycles. The number of hydrogen-bond acceptors (Lipinski definition) is 3. The number of nitrogens with two attached hydrogens (primary N) is 1. The first-order valence-corrected chi connectivity index (χ1v) is 6.31. The normalized spacial score (nSPS) is 12.6. The highest BCUT2D eigenvalue weighted by molar-refractivity contribution is 7.09. The van der Waals surface area contributed by atoms with Gasteiger partial charge in [-0.15, -0.1) is 11.3 Å². The third-order valence-electron chi connectivity index (χ3n) is 2.50. The van der Waals surface area contributed by atoms with Crippen molar-refractivity contribution in [2.45, 2.75) is 25.8 Å². The van der Waals surface area contributed by atoms with Crippen molar-refractivity contribution in [3.05, 3.63) is 52.0 Å². The fraction of sp³-hybridized carbons (Fsp3) is 0.308. The van der Waals surface area contributed by atoms with Crippen LogP contribution in [0.5, 0.6) is 0 Å². The van der Waals surface area contributed by atoms with Crippen molar-refractivity contribution in [3.8, 4) is 0 Å². The van der Waals surface area contributed by atoms with Gasteiger partial charge in [0.2, 0.25) is 0 Å². The molecule has 2 nitrogen and oxygen atoms in total. The maximum absolute atomic E-state index is 6.11. The first-order chi connectivity index (χ1) is 7.74. The van der Waals surface area contributed by atoms with Gasteiger partial charge >= 0.3 is 0 Å². The van der Waals surface area contributed by atoms with E-state index in [1.807, 2.05) is 11.6 Å². The summed E-state index contributed by atoms with van der Waals surface area (Å²) in [6, 6.07) is 8.68. The van der Waals surface area contributed by atoms with Crippen LogP contribution >= 0.6 is 11.3 Å². The lowest BCUT2D eigenvalue weighted by molar-refractivity contribution is 0.662. The Bertz CT molecular complexity index is 437. The molecule has 3 heteroatoms. The number of aryl methyl sites for hydroxylation is 1. The molecular formula is C13H16N2S. The van der Waals surface area contributed by atoms with Crippen LogP contribution in [0.1, 0.15) is 16.1 Å². The van der Waals surface area contributed by atoms with Gasteiger partial charge in [-0.05, 0) is 18.9 Å². The third kappa shape index (κ3) is 3.15. The first kappa shape index (κ1) is 11.3. The number of benzene rings is 1. The van der Waals surface area contributed by atoms with Gasteiger partial charge in [-0.2, -0.15) is 0 Å². The number of nitrogens with zero attached hydrogens (tertiary/aromatic N) is 1. The summed E-state index contributed by atoms with van der Waals surface area (Å²) in [5.74, 6) is 0. The average molecular weight is 232 g/mol. The average Bonchev–Trinajstić information content (AvgIpc) is 2.70. The highest BCUT2D eigenvalue weighted by Gasteiger charge is 2.07. The highest BCUT2D eigenvalue weighted by atomic mass is 32.1. The molecule has 2 N–H and O–H groups in total. The van der Waals surface area contributed by atoms with Crippen LogP contribution in [-0.4, -0.2) is 11.0 Å². The van der Waals surface area contributed by atoms with Gasteiger partial charge in [-0.25, -0.2) is 4.98 Å². The second-order valence-corrected chi connectivity index (χ2v) is 5.06. The Morgan fingerprint density at radius 1 is 1.38 bits per heavy atom. The molecule has 1 atom stereocenters. The van der Waals surface area contributed by atoms with E-state index < -0.39 is 0 Å². The predicted octanol–water partition coefficient (Wildman–Crippen LogP) is 2.56. The molecule has 16 heavy (non-hydrogen) atoms. The van der Waals surface area contributed by atoms with Gasteiger partial charge in [0.05, 0.1) is 5.01 Å². The lowest BCUT2D eigenvalue weighted by atomic mass is 10.0. The minimum absolute atomic E-state index is 0.160. The summed E-state index contributed by atoms with van der Waals surface area (Å²) in [5.41, 5.74) is 8.71. The van der Waals surface area contributed by atoms with Crippen molar-refractivity contribution >= 4 is 11.3 Å². The quantitative estimate of drug-likeness (QED) is 0.880. The fourth-order valence-corrected chi connectivity index (χ4v) is 2.50. The second-order valence-electron chi connectivity index (χ2n) is 4.08. The van der Waals surface area contributed by atoms with Gasteiger partial charge < -0.3 is 5.73 Å². The van der Waals surface area contributed by atoms with Crippen LogP contribution in [0.4, 0.5) is 0 Å². The molecule has 0 aliphatic heterocycles. The van der Waals surface area contributed by atoms with Crippen molar-refractivity contribution in [3.63, 3.8) is 0 Å². The van der Waals surface area contributed by atoms with Crippen LogP contribution in [-0.2, 0) is 12.8 Å². The maximum Gasteiger partial charge on any atom is 0.0940 e. The molecule has 0 aliphatic carbocycles. The molecule has 84 valence electrons. The van der Waals surface area contributed by atoms with Crippen molar-refractivity contribution in [2.75, 3.05) is 0 Å². The van der Waals surface area contributed by atoms with Gasteiger partial charge in [-0.3, -0.25) is 0 Å². The minimum Gasteiger partial charge on any atom is -0.327 e. The van der Waals surface area contributed by atoms with E-state index in [-0.39, 0.29) is 6.04 Å². The van der Waals surface area contributed by atoms with Gasteiger partial charge in [0.1, 0.15) is 0 Å². The molecule has 0 amide bonds. The number of hydrogen-bond donors (Lipinski definition) is 1. The van der Waals surface area contributed by atoms with Crippen molar-refractivity contribution in [1.82, 2.24) is 4.98 Å². The zero-order valence-corrected chi connectivity index (χ0v) is 10.2.